The van der Waals surface area contributed by atoms with Crippen molar-refractivity contribution in [2.75, 3.05) is 13.1 Å². The molecule has 1 fully saturated rings. The van der Waals surface area contributed by atoms with Crippen LogP contribution >= 0.6 is 11.3 Å². The van der Waals surface area contributed by atoms with Crippen LogP contribution in [0.5, 0.6) is 0 Å². The largest absolute Gasteiger partial charge is 0.307 e. The van der Waals surface area contributed by atoms with E-state index in [1.165, 1.54) is 42.1 Å². The van der Waals surface area contributed by atoms with Gasteiger partial charge in [-0.15, -0.1) is 11.3 Å². The number of nitrogens with one attached hydrogen (secondary N) is 1. The highest BCUT2D eigenvalue weighted by atomic mass is 32.1. The molecule has 0 radical (unpaired) electrons. The minimum absolute atomic E-state index is 0.195. The van der Waals surface area contributed by atoms with Gasteiger partial charge < -0.3 is 5.32 Å². The number of rotatable bonds is 5. The lowest BCUT2D eigenvalue weighted by Crippen LogP contribution is -2.34. The van der Waals surface area contributed by atoms with E-state index in [2.05, 4.69) is 50.9 Å². The topological polar surface area (TPSA) is 15.3 Å². The molecule has 3 heteroatoms. The van der Waals surface area contributed by atoms with Gasteiger partial charge in [0.05, 0.1) is 0 Å². The first-order valence-corrected chi connectivity index (χ1v) is 9.24. The summed E-state index contributed by atoms with van der Waals surface area (Å²) in [5.74, 6) is 0.969. The fourth-order valence-electron chi connectivity index (χ4n) is 2.98. The van der Waals surface area contributed by atoms with Crippen molar-refractivity contribution in [3.63, 3.8) is 0 Å². The van der Waals surface area contributed by atoms with Crippen molar-refractivity contribution in [3.05, 3.63) is 21.4 Å². The third-order valence-electron chi connectivity index (χ3n) is 4.54. The molecule has 0 bridgehead atoms. The lowest BCUT2D eigenvalue weighted by Gasteiger charge is -2.31. The molecule has 2 heterocycles. The SMILES string of the molecule is CCC1CCN(Cc2cc(CNC(C)(C)C)sc2C)CC1. The van der Waals surface area contributed by atoms with E-state index in [0.29, 0.717) is 0 Å². The van der Waals surface area contributed by atoms with Crippen molar-refractivity contribution in [1.82, 2.24) is 10.2 Å². The Labute approximate surface area is 134 Å². The number of likely N-dealkylation sites (tertiary alicyclic amines) is 1. The summed E-state index contributed by atoms with van der Waals surface area (Å²) in [4.78, 5) is 5.61. The first-order valence-electron chi connectivity index (χ1n) is 8.43. The van der Waals surface area contributed by atoms with Crippen LogP contribution in [0.2, 0.25) is 0 Å². The van der Waals surface area contributed by atoms with Gasteiger partial charge in [-0.2, -0.15) is 0 Å². The third-order valence-corrected chi connectivity index (χ3v) is 5.64. The molecular formula is C18H32N2S. The molecule has 2 nitrogen and oxygen atoms in total. The number of aryl methyl sites for hydroxylation is 1. The van der Waals surface area contributed by atoms with Crippen LogP contribution in [0, 0.1) is 12.8 Å². The minimum atomic E-state index is 0.195. The van der Waals surface area contributed by atoms with E-state index in [1.807, 2.05) is 11.3 Å². The summed E-state index contributed by atoms with van der Waals surface area (Å²) < 4.78 is 0. The van der Waals surface area contributed by atoms with Crippen LogP contribution in [-0.2, 0) is 13.1 Å². The van der Waals surface area contributed by atoms with E-state index in [9.17, 15) is 0 Å². The summed E-state index contributed by atoms with van der Waals surface area (Å²) in [6.07, 6.45) is 4.13. The second-order valence-corrected chi connectivity index (χ2v) is 8.87. The standard InChI is InChI=1S/C18H32N2S/c1-6-15-7-9-20(10-8-15)13-16-11-17(21-14(16)2)12-19-18(3,4)5/h11,15,19H,6-10,12-13H2,1-5H3. The maximum Gasteiger partial charge on any atom is 0.0304 e. The molecule has 1 aromatic heterocycles. The monoisotopic (exact) mass is 308 g/mol. The molecule has 0 unspecified atom stereocenters. The van der Waals surface area contributed by atoms with Crippen LogP contribution in [-0.4, -0.2) is 23.5 Å². The Morgan fingerprint density at radius 2 is 1.95 bits per heavy atom. The number of thiophene rings is 1. The highest BCUT2D eigenvalue weighted by Gasteiger charge is 2.19. The normalized spacial score (nSPS) is 18.3. The molecule has 2 rings (SSSR count). The second kappa shape index (κ2) is 7.26. The Balaban J connectivity index is 1.88. The van der Waals surface area contributed by atoms with Crippen molar-refractivity contribution in [2.24, 2.45) is 5.92 Å². The Morgan fingerprint density at radius 1 is 1.29 bits per heavy atom. The summed E-state index contributed by atoms with van der Waals surface area (Å²) in [6, 6.07) is 2.42. The summed E-state index contributed by atoms with van der Waals surface area (Å²) in [6.45, 7) is 16.0. The van der Waals surface area contributed by atoms with Gasteiger partial charge >= 0.3 is 0 Å². The molecule has 1 N–H and O–H groups in total. The van der Waals surface area contributed by atoms with Crippen LogP contribution in [0.3, 0.4) is 0 Å². The fourth-order valence-corrected chi connectivity index (χ4v) is 3.97. The molecule has 1 aromatic rings. The highest BCUT2D eigenvalue weighted by molar-refractivity contribution is 7.12. The Morgan fingerprint density at radius 3 is 2.52 bits per heavy atom. The van der Waals surface area contributed by atoms with Gasteiger partial charge in [-0.3, -0.25) is 4.90 Å². The molecule has 21 heavy (non-hydrogen) atoms. The summed E-state index contributed by atoms with van der Waals surface area (Å²) in [5.41, 5.74) is 1.74. The Kier molecular flexibility index (Phi) is 5.87. The molecule has 1 saturated heterocycles. The smallest absolute Gasteiger partial charge is 0.0304 e. The average Bonchev–Trinajstić information content (AvgIpc) is 2.77. The highest BCUT2D eigenvalue weighted by Crippen LogP contribution is 2.26. The van der Waals surface area contributed by atoms with Crippen molar-refractivity contribution in [2.45, 2.75) is 72.5 Å². The molecule has 0 spiro atoms. The fraction of sp³-hybridized carbons (Fsp3) is 0.778. The maximum atomic E-state index is 3.59. The van der Waals surface area contributed by atoms with Crippen LogP contribution < -0.4 is 5.32 Å². The Bertz CT molecular complexity index is 437. The van der Waals surface area contributed by atoms with Crippen molar-refractivity contribution in [3.8, 4) is 0 Å². The Hall–Kier alpha value is -0.380. The lowest BCUT2D eigenvalue weighted by molar-refractivity contribution is 0.175. The molecular weight excluding hydrogens is 276 g/mol. The average molecular weight is 309 g/mol. The first-order chi connectivity index (χ1) is 9.87. The van der Waals surface area contributed by atoms with Crippen molar-refractivity contribution < 1.29 is 0 Å². The predicted molar refractivity (Wildman–Crippen MR) is 93.9 cm³/mol. The van der Waals surface area contributed by atoms with E-state index in [1.54, 1.807) is 5.56 Å². The number of nitrogens with zero attached hydrogens (tertiary/aromatic N) is 1. The van der Waals surface area contributed by atoms with Crippen LogP contribution in [0.25, 0.3) is 0 Å². The van der Waals surface area contributed by atoms with E-state index in [-0.39, 0.29) is 5.54 Å². The molecule has 0 aromatic carbocycles. The van der Waals surface area contributed by atoms with Crippen molar-refractivity contribution in [1.29, 1.82) is 0 Å². The molecule has 0 atom stereocenters. The number of hydrogen-bond acceptors (Lipinski definition) is 3. The van der Waals surface area contributed by atoms with E-state index in [0.717, 1.165) is 19.0 Å². The quantitative estimate of drug-likeness (QED) is 0.857. The van der Waals surface area contributed by atoms with Gasteiger partial charge in [0.2, 0.25) is 0 Å². The van der Waals surface area contributed by atoms with Gasteiger partial charge in [0.15, 0.2) is 0 Å². The van der Waals surface area contributed by atoms with Crippen LogP contribution in [0.15, 0.2) is 6.07 Å². The maximum absolute atomic E-state index is 3.59. The van der Waals surface area contributed by atoms with Crippen LogP contribution in [0.4, 0.5) is 0 Å². The van der Waals surface area contributed by atoms with Gasteiger partial charge in [0, 0.05) is 28.4 Å². The van der Waals surface area contributed by atoms with E-state index >= 15 is 0 Å². The zero-order valence-corrected chi connectivity index (χ0v) is 15.3. The summed E-state index contributed by atoms with van der Waals surface area (Å²) >= 11 is 1.96. The van der Waals surface area contributed by atoms with E-state index in [4.69, 9.17) is 0 Å². The van der Waals surface area contributed by atoms with Crippen molar-refractivity contribution >= 4 is 11.3 Å². The second-order valence-electron chi connectivity index (χ2n) is 7.53. The molecule has 0 aliphatic carbocycles. The van der Waals surface area contributed by atoms with Gasteiger partial charge in [0.25, 0.3) is 0 Å². The van der Waals surface area contributed by atoms with E-state index < -0.39 is 0 Å². The third kappa shape index (κ3) is 5.39. The van der Waals surface area contributed by atoms with Gasteiger partial charge in [-0.05, 0) is 71.2 Å². The number of piperidine rings is 1. The summed E-state index contributed by atoms with van der Waals surface area (Å²) in [5, 5.41) is 3.59. The molecule has 1 aliphatic heterocycles. The predicted octanol–water partition coefficient (Wildman–Crippen LogP) is 4.57. The molecule has 0 amide bonds. The van der Waals surface area contributed by atoms with Gasteiger partial charge in [-0.1, -0.05) is 13.3 Å². The van der Waals surface area contributed by atoms with Gasteiger partial charge in [-0.25, -0.2) is 0 Å². The molecule has 120 valence electrons. The zero-order valence-electron chi connectivity index (χ0n) is 14.5. The first kappa shape index (κ1) is 17.0. The molecule has 1 aliphatic rings. The minimum Gasteiger partial charge on any atom is -0.307 e. The molecule has 0 saturated carbocycles. The van der Waals surface area contributed by atoms with Gasteiger partial charge in [0.1, 0.15) is 0 Å². The number of hydrogen-bond donors (Lipinski definition) is 1. The summed E-state index contributed by atoms with van der Waals surface area (Å²) in [7, 11) is 0. The zero-order chi connectivity index (χ0) is 15.5. The lowest BCUT2D eigenvalue weighted by atomic mass is 9.94. The van der Waals surface area contributed by atoms with Crippen LogP contribution in [0.1, 0.15) is 62.3 Å².